The Bertz CT molecular complexity index is 562. The molecule has 0 aromatic heterocycles. The highest BCUT2D eigenvalue weighted by Crippen LogP contribution is 2.10. The molecule has 2 heterocycles. The standard InChI is InChI=1S/C26H48N6O2/c1-6-23(21-33-25-17-29-12-2-8-27-9-3-13-30-18-25)16-24(7-1)22-34-26-19-31-14-4-10-28-11-5-15-32-20-26/h1,6-7,16,25-32H,2-5,8-15,17-22H2. The molecule has 0 saturated carbocycles. The first-order valence-electron chi connectivity index (χ1n) is 13.5. The summed E-state index contributed by atoms with van der Waals surface area (Å²) in [4.78, 5) is 0. The van der Waals surface area contributed by atoms with Crippen LogP contribution in [0.1, 0.15) is 36.8 Å². The highest BCUT2D eigenvalue weighted by Gasteiger charge is 2.12. The van der Waals surface area contributed by atoms with E-state index in [1.165, 1.54) is 11.1 Å². The molecular weight excluding hydrogens is 428 g/mol. The van der Waals surface area contributed by atoms with Gasteiger partial charge < -0.3 is 41.4 Å². The highest BCUT2D eigenvalue weighted by molar-refractivity contribution is 5.22. The van der Waals surface area contributed by atoms with Crippen LogP contribution in [0.15, 0.2) is 24.3 Å². The van der Waals surface area contributed by atoms with Crippen LogP contribution >= 0.6 is 0 Å². The van der Waals surface area contributed by atoms with Gasteiger partial charge in [-0.3, -0.25) is 0 Å². The molecule has 0 amide bonds. The number of benzene rings is 1. The largest absolute Gasteiger partial charge is 0.371 e. The maximum atomic E-state index is 6.29. The summed E-state index contributed by atoms with van der Waals surface area (Å²) in [6.45, 7) is 13.2. The number of ether oxygens (including phenoxy) is 2. The van der Waals surface area contributed by atoms with E-state index >= 15 is 0 Å². The molecular formula is C26H48N6O2. The molecule has 6 N–H and O–H groups in total. The van der Waals surface area contributed by atoms with Gasteiger partial charge in [-0.1, -0.05) is 24.3 Å². The van der Waals surface area contributed by atoms with E-state index in [1.54, 1.807) is 0 Å². The third kappa shape index (κ3) is 12.6. The van der Waals surface area contributed by atoms with Crippen LogP contribution in [-0.4, -0.2) is 90.7 Å². The molecule has 8 heteroatoms. The Morgan fingerprint density at radius 1 is 0.529 bits per heavy atom. The number of hydrogen-bond donors (Lipinski definition) is 6. The third-order valence-corrected chi connectivity index (χ3v) is 6.28. The van der Waals surface area contributed by atoms with Crippen LogP contribution in [0.3, 0.4) is 0 Å². The average molecular weight is 477 g/mol. The lowest BCUT2D eigenvalue weighted by Crippen LogP contribution is -2.40. The number of rotatable bonds is 6. The van der Waals surface area contributed by atoms with Crippen LogP contribution < -0.4 is 31.9 Å². The highest BCUT2D eigenvalue weighted by atomic mass is 16.5. The van der Waals surface area contributed by atoms with Gasteiger partial charge in [0.2, 0.25) is 0 Å². The molecule has 0 bridgehead atoms. The summed E-state index contributed by atoms with van der Waals surface area (Å²) in [7, 11) is 0. The van der Waals surface area contributed by atoms with Crippen molar-refractivity contribution in [3.8, 4) is 0 Å². The normalized spacial score (nSPS) is 22.1. The van der Waals surface area contributed by atoms with Crippen molar-refractivity contribution >= 4 is 0 Å². The van der Waals surface area contributed by atoms with Gasteiger partial charge in [-0.05, 0) is 89.2 Å². The van der Waals surface area contributed by atoms with Crippen molar-refractivity contribution in [2.45, 2.75) is 51.1 Å². The minimum Gasteiger partial charge on any atom is -0.371 e. The molecule has 8 nitrogen and oxygen atoms in total. The molecule has 0 spiro atoms. The lowest BCUT2D eigenvalue weighted by molar-refractivity contribution is 0.0381. The molecule has 0 atom stereocenters. The number of nitrogens with one attached hydrogen (secondary N) is 6. The molecule has 2 saturated heterocycles. The summed E-state index contributed by atoms with van der Waals surface area (Å²) in [5, 5.41) is 21.1. The molecule has 2 fully saturated rings. The second kappa shape index (κ2) is 18.2. The zero-order valence-electron chi connectivity index (χ0n) is 21.0. The molecule has 1 aromatic carbocycles. The first-order valence-corrected chi connectivity index (χ1v) is 13.5. The van der Waals surface area contributed by atoms with Gasteiger partial charge in [0.15, 0.2) is 0 Å². The molecule has 0 radical (unpaired) electrons. The second-order valence-corrected chi connectivity index (χ2v) is 9.42. The molecule has 34 heavy (non-hydrogen) atoms. The van der Waals surface area contributed by atoms with E-state index < -0.39 is 0 Å². The fourth-order valence-electron chi connectivity index (χ4n) is 4.27. The quantitative estimate of drug-likeness (QED) is 0.356. The fourth-order valence-corrected chi connectivity index (χ4v) is 4.27. The third-order valence-electron chi connectivity index (χ3n) is 6.28. The number of hydrogen-bond acceptors (Lipinski definition) is 8. The topological polar surface area (TPSA) is 90.6 Å². The Morgan fingerprint density at radius 2 is 0.882 bits per heavy atom. The van der Waals surface area contributed by atoms with Crippen LogP contribution in [-0.2, 0) is 22.7 Å². The Balaban J connectivity index is 1.42. The van der Waals surface area contributed by atoms with Gasteiger partial charge >= 0.3 is 0 Å². The SMILES string of the molecule is c1cc(COC2CNCCCNCCCNC2)cc(COC2CNCCCNCCCNC2)c1. The maximum Gasteiger partial charge on any atom is 0.0828 e. The minimum absolute atomic E-state index is 0.177. The summed E-state index contributed by atoms with van der Waals surface area (Å²) < 4.78 is 12.6. The summed E-state index contributed by atoms with van der Waals surface area (Å²) in [6.07, 6.45) is 4.99. The molecule has 2 aliphatic rings. The maximum absolute atomic E-state index is 6.29. The van der Waals surface area contributed by atoms with Crippen molar-refractivity contribution < 1.29 is 9.47 Å². The van der Waals surface area contributed by atoms with Gasteiger partial charge in [-0.25, -0.2) is 0 Å². The summed E-state index contributed by atoms with van der Waals surface area (Å²) in [5.41, 5.74) is 2.41. The summed E-state index contributed by atoms with van der Waals surface area (Å²) >= 11 is 0. The van der Waals surface area contributed by atoms with E-state index in [2.05, 4.69) is 56.2 Å². The molecule has 3 rings (SSSR count). The lowest BCUT2D eigenvalue weighted by Gasteiger charge is -2.21. The first kappa shape index (κ1) is 27.5. The van der Waals surface area contributed by atoms with Crippen molar-refractivity contribution in [2.75, 3.05) is 78.5 Å². The van der Waals surface area contributed by atoms with Crippen LogP contribution in [0, 0.1) is 0 Å². The summed E-state index contributed by atoms with van der Waals surface area (Å²) in [5.74, 6) is 0. The van der Waals surface area contributed by atoms with Crippen LogP contribution in [0.5, 0.6) is 0 Å². The fraction of sp³-hybridized carbons (Fsp3) is 0.769. The van der Waals surface area contributed by atoms with Crippen molar-refractivity contribution in [1.82, 2.24) is 31.9 Å². The van der Waals surface area contributed by atoms with E-state index in [0.29, 0.717) is 13.2 Å². The van der Waals surface area contributed by atoms with E-state index in [4.69, 9.17) is 9.47 Å². The second-order valence-electron chi connectivity index (χ2n) is 9.42. The molecule has 2 aliphatic heterocycles. The minimum atomic E-state index is 0.177. The zero-order valence-corrected chi connectivity index (χ0v) is 21.0. The molecule has 1 aromatic rings. The van der Waals surface area contributed by atoms with Gasteiger partial charge in [0.05, 0.1) is 25.4 Å². The van der Waals surface area contributed by atoms with Gasteiger partial charge in [-0.15, -0.1) is 0 Å². The van der Waals surface area contributed by atoms with Crippen molar-refractivity contribution in [3.63, 3.8) is 0 Å². The predicted molar refractivity (Wildman–Crippen MR) is 139 cm³/mol. The first-order chi connectivity index (χ1) is 16.9. The predicted octanol–water partition coefficient (Wildman–Crippen LogP) is 0.582. The van der Waals surface area contributed by atoms with E-state index in [1.807, 2.05) is 0 Å². The Hall–Kier alpha value is -1.10. The smallest absolute Gasteiger partial charge is 0.0828 e. The van der Waals surface area contributed by atoms with Gasteiger partial charge in [0, 0.05) is 26.2 Å². The van der Waals surface area contributed by atoms with Gasteiger partial charge in [0.1, 0.15) is 0 Å². The van der Waals surface area contributed by atoms with Crippen LogP contribution in [0.2, 0.25) is 0 Å². The molecule has 194 valence electrons. The molecule has 0 aliphatic carbocycles. The van der Waals surface area contributed by atoms with Gasteiger partial charge in [0.25, 0.3) is 0 Å². The molecule has 0 unspecified atom stereocenters. The Kier molecular flexibility index (Phi) is 14.7. The van der Waals surface area contributed by atoms with Crippen LogP contribution in [0.4, 0.5) is 0 Å². The van der Waals surface area contributed by atoms with Crippen molar-refractivity contribution in [2.24, 2.45) is 0 Å². The monoisotopic (exact) mass is 476 g/mol. The Labute approximate surface area is 206 Å². The zero-order chi connectivity index (χ0) is 23.5. The van der Waals surface area contributed by atoms with Gasteiger partial charge in [-0.2, -0.15) is 0 Å². The van der Waals surface area contributed by atoms with E-state index in [9.17, 15) is 0 Å². The Morgan fingerprint density at radius 3 is 1.26 bits per heavy atom. The summed E-state index contributed by atoms with van der Waals surface area (Å²) in [6, 6.07) is 8.65. The van der Waals surface area contributed by atoms with E-state index in [0.717, 1.165) is 104 Å². The van der Waals surface area contributed by atoms with Crippen molar-refractivity contribution in [3.05, 3.63) is 35.4 Å². The average Bonchev–Trinajstić information content (AvgIpc) is 2.84. The lowest BCUT2D eigenvalue weighted by atomic mass is 10.1. The van der Waals surface area contributed by atoms with Crippen molar-refractivity contribution in [1.29, 1.82) is 0 Å². The van der Waals surface area contributed by atoms with E-state index in [-0.39, 0.29) is 12.2 Å². The van der Waals surface area contributed by atoms with Crippen LogP contribution in [0.25, 0.3) is 0 Å².